The van der Waals surface area contributed by atoms with Crippen molar-refractivity contribution in [2.45, 2.75) is 50.4 Å². The molecule has 0 unspecified atom stereocenters. The number of aromatic nitrogens is 3. The molecule has 0 atom stereocenters. The fourth-order valence-corrected chi connectivity index (χ4v) is 1.82. The van der Waals surface area contributed by atoms with Gasteiger partial charge in [-0.15, -0.1) is 0 Å². The summed E-state index contributed by atoms with van der Waals surface area (Å²) in [6.45, 7) is 2.25. The Bertz CT molecular complexity index is 321. The zero-order valence-electron chi connectivity index (χ0n) is 8.01. The van der Waals surface area contributed by atoms with Crippen LogP contribution in [0, 0.1) is 0 Å². The molecule has 3 nitrogen and oxygen atoms in total. The zero-order valence-corrected chi connectivity index (χ0v) is 8.01. The molecule has 1 N–H and O–H groups in total. The zero-order chi connectivity index (χ0) is 8.89. The first-order valence-corrected chi connectivity index (χ1v) is 5.21. The summed E-state index contributed by atoms with van der Waals surface area (Å²) in [4.78, 5) is 4.60. The van der Waals surface area contributed by atoms with E-state index in [-0.39, 0.29) is 0 Å². The van der Waals surface area contributed by atoms with Crippen LogP contribution in [0.1, 0.15) is 56.6 Å². The minimum atomic E-state index is 0.318. The Hall–Kier alpha value is -0.860. The number of hydrogen-bond donors (Lipinski definition) is 1. The van der Waals surface area contributed by atoms with Gasteiger partial charge in [0.05, 0.1) is 0 Å². The van der Waals surface area contributed by atoms with Crippen LogP contribution in [0.2, 0.25) is 0 Å². The molecular weight excluding hydrogens is 162 g/mol. The molecule has 70 valence electrons. The summed E-state index contributed by atoms with van der Waals surface area (Å²) in [7, 11) is 0. The van der Waals surface area contributed by atoms with Gasteiger partial charge in [0.25, 0.3) is 0 Å². The van der Waals surface area contributed by atoms with E-state index in [0.717, 1.165) is 11.6 Å². The van der Waals surface area contributed by atoms with Crippen molar-refractivity contribution in [3.8, 4) is 0 Å². The van der Waals surface area contributed by atoms with Crippen molar-refractivity contribution in [3.05, 3.63) is 11.6 Å². The molecule has 1 heterocycles. The molecule has 0 bridgehead atoms. The number of H-pyrrole nitrogens is 1. The van der Waals surface area contributed by atoms with Crippen LogP contribution in [0.5, 0.6) is 0 Å². The minimum Gasteiger partial charge on any atom is -0.263 e. The average molecular weight is 177 g/mol. The van der Waals surface area contributed by atoms with Crippen LogP contribution in [-0.2, 0) is 5.41 Å². The fourth-order valence-electron chi connectivity index (χ4n) is 1.82. The third kappa shape index (κ3) is 1.10. The number of nitrogens with zero attached hydrogens (tertiary/aromatic N) is 2. The van der Waals surface area contributed by atoms with E-state index in [0.29, 0.717) is 11.3 Å². The molecule has 0 saturated heterocycles. The van der Waals surface area contributed by atoms with Crippen LogP contribution in [0.15, 0.2) is 0 Å². The Labute approximate surface area is 78.0 Å². The maximum Gasteiger partial charge on any atom is 0.156 e. The predicted octanol–water partition coefficient (Wildman–Crippen LogP) is 2.12. The largest absolute Gasteiger partial charge is 0.263 e. The van der Waals surface area contributed by atoms with Crippen molar-refractivity contribution in [2.24, 2.45) is 0 Å². The van der Waals surface area contributed by atoms with E-state index in [9.17, 15) is 0 Å². The third-order valence-electron chi connectivity index (χ3n) is 3.53. The van der Waals surface area contributed by atoms with Crippen molar-refractivity contribution >= 4 is 0 Å². The van der Waals surface area contributed by atoms with Gasteiger partial charge in [-0.2, -0.15) is 5.10 Å². The molecule has 0 radical (unpaired) electrons. The fraction of sp³-hybridized carbons (Fsp3) is 0.800. The second kappa shape index (κ2) is 2.34. The lowest BCUT2D eigenvalue weighted by molar-refractivity contribution is 0.402. The molecule has 2 aliphatic carbocycles. The summed E-state index contributed by atoms with van der Waals surface area (Å²) >= 11 is 0. The molecule has 3 heteroatoms. The third-order valence-corrected chi connectivity index (χ3v) is 3.53. The number of aromatic amines is 1. The Balaban J connectivity index is 1.85. The monoisotopic (exact) mass is 177 g/mol. The van der Waals surface area contributed by atoms with Crippen molar-refractivity contribution in [2.75, 3.05) is 0 Å². The first-order chi connectivity index (χ1) is 6.28. The Morgan fingerprint density at radius 3 is 2.69 bits per heavy atom. The van der Waals surface area contributed by atoms with Gasteiger partial charge in [-0.3, -0.25) is 5.10 Å². The second-order valence-electron chi connectivity index (χ2n) is 4.73. The lowest BCUT2D eigenvalue weighted by atomic mass is 9.85. The lowest BCUT2D eigenvalue weighted by Crippen LogP contribution is -2.10. The van der Waals surface area contributed by atoms with Crippen molar-refractivity contribution in [1.29, 1.82) is 0 Å². The smallest absolute Gasteiger partial charge is 0.156 e. The summed E-state index contributed by atoms with van der Waals surface area (Å²) in [6, 6.07) is 0. The molecule has 13 heavy (non-hydrogen) atoms. The molecular formula is C10H15N3. The summed E-state index contributed by atoms with van der Waals surface area (Å²) in [5.41, 5.74) is 0.318. The highest BCUT2D eigenvalue weighted by molar-refractivity contribution is 5.16. The van der Waals surface area contributed by atoms with Gasteiger partial charge in [0.15, 0.2) is 5.82 Å². The van der Waals surface area contributed by atoms with E-state index >= 15 is 0 Å². The van der Waals surface area contributed by atoms with Crippen LogP contribution < -0.4 is 0 Å². The van der Waals surface area contributed by atoms with Crippen LogP contribution in [-0.4, -0.2) is 15.2 Å². The summed E-state index contributed by atoms with van der Waals surface area (Å²) in [6.07, 6.45) is 6.47. The van der Waals surface area contributed by atoms with Crippen LogP contribution in [0.4, 0.5) is 0 Å². The molecule has 2 saturated carbocycles. The number of nitrogens with one attached hydrogen (secondary N) is 1. The second-order valence-corrected chi connectivity index (χ2v) is 4.73. The van der Waals surface area contributed by atoms with Crippen LogP contribution in [0.3, 0.4) is 0 Å². The van der Waals surface area contributed by atoms with E-state index in [4.69, 9.17) is 0 Å². The molecule has 2 fully saturated rings. The van der Waals surface area contributed by atoms with Crippen molar-refractivity contribution in [3.63, 3.8) is 0 Å². The van der Waals surface area contributed by atoms with Gasteiger partial charge in [0, 0.05) is 11.3 Å². The number of hydrogen-bond acceptors (Lipinski definition) is 2. The van der Waals surface area contributed by atoms with E-state index in [1.165, 1.54) is 32.1 Å². The molecule has 1 aromatic rings. The summed E-state index contributed by atoms with van der Waals surface area (Å²) in [5.74, 6) is 2.87. The first-order valence-electron chi connectivity index (χ1n) is 5.21. The molecule has 0 aromatic carbocycles. The van der Waals surface area contributed by atoms with Gasteiger partial charge in [-0.25, -0.2) is 4.98 Å². The predicted molar refractivity (Wildman–Crippen MR) is 49.6 cm³/mol. The van der Waals surface area contributed by atoms with Gasteiger partial charge < -0.3 is 0 Å². The minimum absolute atomic E-state index is 0.318. The number of rotatable bonds is 2. The quantitative estimate of drug-likeness (QED) is 0.751. The van der Waals surface area contributed by atoms with E-state index in [2.05, 4.69) is 22.1 Å². The molecule has 1 aromatic heterocycles. The van der Waals surface area contributed by atoms with E-state index in [1.807, 2.05) is 0 Å². The average Bonchev–Trinajstić information content (AvgIpc) is 2.61. The topological polar surface area (TPSA) is 41.6 Å². The maximum atomic E-state index is 4.60. The molecule has 0 aliphatic heterocycles. The SMILES string of the molecule is CC1(c2n[nH]c(C3CCC3)n2)CC1. The highest BCUT2D eigenvalue weighted by Gasteiger charge is 2.43. The molecule has 0 amide bonds. The highest BCUT2D eigenvalue weighted by atomic mass is 15.2. The Morgan fingerprint density at radius 2 is 2.15 bits per heavy atom. The van der Waals surface area contributed by atoms with Crippen molar-refractivity contribution < 1.29 is 0 Å². The van der Waals surface area contributed by atoms with Crippen molar-refractivity contribution in [1.82, 2.24) is 15.2 Å². The van der Waals surface area contributed by atoms with E-state index in [1.54, 1.807) is 0 Å². The molecule has 3 rings (SSSR count). The standard InChI is InChI=1S/C10H15N3/c1-10(5-6-10)9-11-8(12-13-9)7-3-2-4-7/h7H,2-6H2,1H3,(H,11,12,13). The van der Waals surface area contributed by atoms with Crippen LogP contribution >= 0.6 is 0 Å². The highest BCUT2D eigenvalue weighted by Crippen LogP contribution is 2.46. The van der Waals surface area contributed by atoms with Gasteiger partial charge in [0.2, 0.25) is 0 Å². The maximum absolute atomic E-state index is 4.60. The summed E-state index contributed by atoms with van der Waals surface area (Å²) < 4.78 is 0. The molecule has 0 spiro atoms. The first kappa shape index (κ1) is 7.54. The normalized spacial score (nSPS) is 25.6. The Kier molecular flexibility index (Phi) is 1.35. The molecule has 2 aliphatic rings. The van der Waals surface area contributed by atoms with Gasteiger partial charge >= 0.3 is 0 Å². The van der Waals surface area contributed by atoms with Gasteiger partial charge in [-0.05, 0) is 25.7 Å². The Morgan fingerprint density at radius 1 is 1.38 bits per heavy atom. The van der Waals surface area contributed by atoms with Crippen LogP contribution in [0.25, 0.3) is 0 Å². The van der Waals surface area contributed by atoms with Gasteiger partial charge in [0.1, 0.15) is 5.82 Å². The lowest BCUT2D eigenvalue weighted by Gasteiger charge is -2.22. The summed E-state index contributed by atoms with van der Waals surface area (Å²) in [5, 5.41) is 7.41. The van der Waals surface area contributed by atoms with E-state index < -0.39 is 0 Å². The van der Waals surface area contributed by atoms with Gasteiger partial charge in [-0.1, -0.05) is 13.3 Å².